The van der Waals surface area contributed by atoms with Crippen LogP contribution in [0, 0.1) is 11.8 Å². The molecule has 1 aromatic heterocycles. The normalized spacial score (nSPS) is 24.8. The van der Waals surface area contributed by atoms with Gasteiger partial charge in [0.05, 0.1) is 5.69 Å². The molecule has 94 valence electrons. The third-order valence-corrected chi connectivity index (χ3v) is 3.79. The van der Waals surface area contributed by atoms with Gasteiger partial charge in [-0.25, -0.2) is 0 Å². The molecule has 17 heavy (non-hydrogen) atoms. The van der Waals surface area contributed by atoms with Crippen molar-refractivity contribution in [1.29, 1.82) is 0 Å². The number of hydrogen-bond donors (Lipinski definition) is 1. The van der Waals surface area contributed by atoms with Crippen LogP contribution in [0.15, 0.2) is 18.6 Å². The van der Waals surface area contributed by atoms with E-state index in [0.717, 1.165) is 30.6 Å². The third-order valence-electron chi connectivity index (χ3n) is 3.79. The molecule has 1 aliphatic carbocycles. The summed E-state index contributed by atoms with van der Waals surface area (Å²) < 4.78 is 0. The minimum Gasteiger partial charge on any atom is -0.311 e. The maximum atomic E-state index is 4.25. The Morgan fingerprint density at radius 2 is 2.06 bits per heavy atom. The minimum atomic E-state index is 0.844. The lowest BCUT2D eigenvalue weighted by atomic mass is 9.81. The van der Waals surface area contributed by atoms with Crippen LogP contribution in [0.3, 0.4) is 0 Å². The van der Waals surface area contributed by atoms with E-state index < -0.39 is 0 Å². The molecular weight excluding hydrogens is 210 g/mol. The lowest BCUT2D eigenvalue weighted by molar-refractivity contribution is 0.275. The van der Waals surface area contributed by atoms with Crippen LogP contribution >= 0.6 is 0 Å². The lowest BCUT2D eigenvalue weighted by Gasteiger charge is -2.26. The maximum Gasteiger partial charge on any atom is 0.0724 e. The van der Waals surface area contributed by atoms with Crippen molar-refractivity contribution in [3.63, 3.8) is 0 Å². The Labute approximate surface area is 104 Å². The zero-order valence-electron chi connectivity index (χ0n) is 10.7. The van der Waals surface area contributed by atoms with Crippen molar-refractivity contribution in [2.45, 2.75) is 45.6 Å². The first kappa shape index (κ1) is 12.5. The van der Waals surface area contributed by atoms with Crippen LogP contribution in [0.4, 0.5) is 0 Å². The van der Waals surface area contributed by atoms with E-state index in [0.29, 0.717) is 0 Å². The van der Waals surface area contributed by atoms with Gasteiger partial charge in [0, 0.05) is 25.1 Å². The molecule has 0 saturated heterocycles. The van der Waals surface area contributed by atoms with Gasteiger partial charge in [-0.1, -0.05) is 32.6 Å². The highest BCUT2D eigenvalue weighted by molar-refractivity contribution is 4.93. The van der Waals surface area contributed by atoms with Gasteiger partial charge in [0.2, 0.25) is 0 Å². The molecular formula is C14H23N3. The van der Waals surface area contributed by atoms with Gasteiger partial charge in [-0.3, -0.25) is 9.97 Å². The average Bonchev–Trinajstić information content (AvgIpc) is 2.38. The second-order valence-corrected chi connectivity index (χ2v) is 5.29. The Balaban J connectivity index is 1.57. The van der Waals surface area contributed by atoms with Crippen molar-refractivity contribution in [3.05, 3.63) is 24.3 Å². The first-order valence-corrected chi connectivity index (χ1v) is 6.80. The summed E-state index contributed by atoms with van der Waals surface area (Å²) >= 11 is 0. The summed E-state index contributed by atoms with van der Waals surface area (Å²) in [6.45, 7) is 4.33. The van der Waals surface area contributed by atoms with E-state index >= 15 is 0 Å². The predicted octanol–water partition coefficient (Wildman–Crippen LogP) is 2.78. The summed E-state index contributed by atoms with van der Waals surface area (Å²) in [5, 5.41) is 3.46. The number of aromatic nitrogens is 2. The molecule has 0 unspecified atom stereocenters. The van der Waals surface area contributed by atoms with Gasteiger partial charge >= 0.3 is 0 Å². The Morgan fingerprint density at radius 1 is 1.24 bits per heavy atom. The molecule has 1 fully saturated rings. The lowest BCUT2D eigenvalue weighted by Crippen LogP contribution is -2.21. The van der Waals surface area contributed by atoms with Gasteiger partial charge in [0.15, 0.2) is 0 Å². The monoisotopic (exact) mass is 233 g/mol. The standard InChI is InChI=1S/C14H23N3/c1-12-2-4-13(5-3-12)6-7-15-10-14-11-16-8-9-17-14/h8-9,11-13,15H,2-7,10H2,1H3. The summed E-state index contributed by atoms with van der Waals surface area (Å²) in [4.78, 5) is 8.31. The van der Waals surface area contributed by atoms with Crippen molar-refractivity contribution < 1.29 is 0 Å². The number of nitrogens with one attached hydrogen (secondary N) is 1. The molecule has 0 radical (unpaired) electrons. The summed E-state index contributed by atoms with van der Waals surface area (Å²) in [5.41, 5.74) is 1.03. The molecule has 1 N–H and O–H groups in total. The van der Waals surface area contributed by atoms with Gasteiger partial charge in [0.25, 0.3) is 0 Å². The van der Waals surface area contributed by atoms with Crippen LogP contribution < -0.4 is 5.32 Å². The number of rotatable bonds is 5. The number of hydrogen-bond acceptors (Lipinski definition) is 3. The molecule has 0 spiro atoms. The van der Waals surface area contributed by atoms with E-state index in [4.69, 9.17) is 0 Å². The van der Waals surface area contributed by atoms with E-state index in [-0.39, 0.29) is 0 Å². The van der Waals surface area contributed by atoms with Crippen LogP contribution in [0.25, 0.3) is 0 Å². The second-order valence-electron chi connectivity index (χ2n) is 5.29. The minimum absolute atomic E-state index is 0.844. The van der Waals surface area contributed by atoms with E-state index in [1.807, 2.05) is 6.20 Å². The molecule has 3 heteroatoms. The van der Waals surface area contributed by atoms with Crippen LogP contribution in [0.2, 0.25) is 0 Å². The molecule has 0 bridgehead atoms. The van der Waals surface area contributed by atoms with Gasteiger partial charge in [-0.2, -0.15) is 0 Å². The van der Waals surface area contributed by atoms with Gasteiger partial charge in [0.1, 0.15) is 0 Å². The molecule has 2 rings (SSSR count). The molecule has 1 heterocycles. The van der Waals surface area contributed by atoms with Gasteiger partial charge in [-0.15, -0.1) is 0 Å². The smallest absolute Gasteiger partial charge is 0.0724 e. The summed E-state index contributed by atoms with van der Waals surface area (Å²) in [6, 6.07) is 0. The largest absolute Gasteiger partial charge is 0.311 e. The van der Waals surface area contributed by atoms with E-state index in [2.05, 4.69) is 22.2 Å². The molecule has 0 amide bonds. The van der Waals surface area contributed by atoms with Crippen molar-refractivity contribution in [1.82, 2.24) is 15.3 Å². The van der Waals surface area contributed by atoms with Crippen molar-refractivity contribution in [2.75, 3.05) is 6.54 Å². The molecule has 3 nitrogen and oxygen atoms in total. The molecule has 1 aromatic rings. The maximum absolute atomic E-state index is 4.25. The van der Waals surface area contributed by atoms with Crippen molar-refractivity contribution in [2.24, 2.45) is 11.8 Å². The predicted molar refractivity (Wildman–Crippen MR) is 69.5 cm³/mol. The van der Waals surface area contributed by atoms with Gasteiger partial charge in [-0.05, 0) is 24.8 Å². The first-order valence-electron chi connectivity index (χ1n) is 6.80. The van der Waals surface area contributed by atoms with E-state index in [1.165, 1.54) is 32.1 Å². The highest BCUT2D eigenvalue weighted by Gasteiger charge is 2.17. The Kier molecular flexibility index (Phi) is 4.92. The van der Waals surface area contributed by atoms with E-state index in [1.54, 1.807) is 12.4 Å². The summed E-state index contributed by atoms with van der Waals surface area (Å²) in [6.07, 6.45) is 12.3. The zero-order chi connectivity index (χ0) is 11.9. The summed E-state index contributed by atoms with van der Waals surface area (Å²) in [5.74, 6) is 1.90. The fraction of sp³-hybridized carbons (Fsp3) is 0.714. The van der Waals surface area contributed by atoms with Crippen molar-refractivity contribution in [3.8, 4) is 0 Å². The summed E-state index contributed by atoms with van der Waals surface area (Å²) in [7, 11) is 0. The zero-order valence-corrected chi connectivity index (χ0v) is 10.7. The average molecular weight is 233 g/mol. The molecule has 1 aliphatic rings. The molecule has 1 saturated carbocycles. The molecule has 0 atom stereocenters. The van der Waals surface area contributed by atoms with Crippen LogP contribution in [0.5, 0.6) is 0 Å². The number of nitrogens with zero attached hydrogens (tertiary/aromatic N) is 2. The first-order chi connectivity index (χ1) is 8.34. The SMILES string of the molecule is CC1CCC(CCNCc2cnccn2)CC1. The molecule has 0 aliphatic heterocycles. The molecule has 0 aromatic carbocycles. The van der Waals surface area contributed by atoms with Crippen LogP contribution in [-0.4, -0.2) is 16.5 Å². The highest BCUT2D eigenvalue weighted by Crippen LogP contribution is 2.29. The fourth-order valence-electron chi connectivity index (χ4n) is 2.56. The second kappa shape index (κ2) is 6.70. The quantitative estimate of drug-likeness (QED) is 0.795. The van der Waals surface area contributed by atoms with Crippen LogP contribution in [-0.2, 0) is 6.54 Å². The van der Waals surface area contributed by atoms with Gasteiger partial charge < -0.3 is 5.32 Å². The van der Waals surface area contributed by atoms with Crippen LogP contribution in [0.1, 0.15) is 44.7 Å². The fourth-order valence-corrected chi connectivity index (χ4v) is 2.56. The Morgan fingerprint density at radius 3 is 2.76 bits per heavy atom. The Hall–Kier alpha value is -0.960. The third kappa shape index (κ3) is 4.43. The van der Waals surface area contributed by atoms with E-state index in [9.17, 15) is 0 Å². The topological polar surface area (TPSA) is 37.8 Å². The van der Waals surface area contributed by atoms with Crippen molar-refractivity contribution >= 4 is 0 Å². The highest BCUT2D eigenvalue weighted by atomic mass is 14.9. The Bertz CT molecular complexity index is 305.